The highest BCUT2D eigenvalue weighted by Crippen LogP contribution is 2.23. The van der Waals surface area contributed by atoms with Crippen LogP contribution in [0.4, 0.5) is 11.6 Å². The number of hydrogen-bond acceptors (Lipinski definition) is 5. The predicted octanol–water partition coefficient (Wildman–Crippen LogP) is 2.23. The zero-order valence-corrected chi connectivity index (χ0v) is 16.4. The molecule has 148 valence electrons. The highest BCUT2D eigenvalue weighted by atomic mass is 16.5. The molecule has 2 aromatic heterocycles. The molecule has 0 aliphatic carbocycles. The number of hydrogen-bond donors (Lipinski definition) is 1. The van der Waals surface area contributed by atoms with Crippen molar-refractivity contribution >= 4 is 22.8 Å². The first-order valence-corrected chi connectivity index (χ1v) is 9.11. The van der Waals surface area contributed by atoms with Crippen LogP contribution in [0.3, 0.4) is 0 Å². The number of aryl methyl sites for hydroxylation is 1. The molecule has 0 bridgehead atoms. The first-order chi connectivity index (χ1) is 14.0. The topological polar surface area (TPSA) is 83.1 Å². The number of ether oxygens (including phenoxy) is 1. The Kier molecular flexibility index (Phi) is 4.67. The van der Waals surface area contributed by atoms with Crippen molar-refractivity contribution in [2.45, 2.75) is 6.54 Å². The number of imidazole rings is 1. The van der Waals surface area contributed by atoms with E-state index < -0.39 is 5.69 Å². The van der Waals surface area contributed by atoms with Crippen LogP contribution in [-0.4, -0.2) is 25.8 Å². The Hall–Kier alpha value is -3.81. The van der Waals surface area contributed by atoms with Gasteiger partial charge in [-0.15, -0.1) is 0 Å². The molecule has 0 aliphatic heterocycles. The fourth-order valence-corrected chi connectivity index (χ4v) is 3.27. The minimum atomic E-state index is -0.414. The van der Waals surface area contributed by atoms with Crippen LogP contribution in [0.2, 0.25) is 0 Å². The quantitative estimate of drug-likeness (QED) is 0.564. The Labute approximate surface area is 166 Å². The fourth-order valence-electron chi connectivity index (χ4n) is 3.27. The molecule has 0 fully saturated rings. The van der Waals surface area contributed by atoms with E-state index in [1.54, 1.807) is 18.7 Å². The highest BCUT2D eigenvalue weighted by Gasteiger charge is 2.19. The molecule has 29 heavy (non-hydrogen) atoms. The molecule has 4 aromatic rings. The predicted molar refractivity (Wildman–Crippen MR) is 112 cm³/mol. The zero-order chi connectivity index (χ0) is 20.5. The number of nitrogens with one attached hydrogen (secondary N) is 1. The summed E-state index contributed by atoms with van der Waals surface area (Å²) in [5, 5.41) is 3.26. The van der Waals surface area contributed by atoms with Crippen LogP contribution in [-0.2, 0) is 20.6 Å². The molecule has 0 spiro atoms. The van der Waals surface area contributed by atoms with E-state index in [-0.39, 0.29) is 5.56 Å². The number of aromatic nitrogens is 4. The molecule has 0 saturated heterocycles. The lowest BCUT2D eigenvalue weighted by atomic mass is 10.2. The lowest BCUT2D eigenvalue weighted by molar-refractivity contribution is 0.415. The Morgan fingerprint density at radius 1 is 0.966 bits per heavy atom. The lowest BCUT2D eigenvalue weighted by Gasteiger charge is -2.11. The van der Waals surface area contributed by atoms with E-state index in [0.29, 0.717) is 23.7 Å². The summed E-state index contributed by atoms with van der Waals surface area (Å²) >= 11 is 0. The lowest BCUT2D eigenvalue weighted by Crippen LogP contribution is -2.37. The van der Waals surface area contributed by atoms with Gasteiger partial charge in [0.05, 0.1) is 13.7 Å². The molecule has 2 aromatic carbocycles. The van der Waals surface area contributed by atoms with Gasteiger partial charge in [-0.25, -0.2) is 4.79 Å². The van der Waals surface area contributed by atoms with Crippen LogP contribution in [0.25, 0.3) is 11.2 Å². The van der Waals surface area contributed by atoms with Crippen molar-refractivity contribution in [1.82, 2.24) is 18.7 Å². The third-order valence-corrected chi connectivity index (χ3v) is 4.88. The molecule has 8 nitrogen and oxygen atoms in total. The summed E-state index contributed by atoms with van der Waals surface area (Å²) in [4.78, 5) is 29.8. The Morgan fingerprint density at radius 2 is 1.66 bits per heavy atom. The van der Waals surface area contributed by atoms with Crippen LogP contribution >= 0.6 is 0 Å². The van der Waals surface area contributed by atoms with Gasteiger partial charge in [0.25, 0.3) is 5.56 Å². The van der Waals surface area contributed by atoms with Gasteiger partial charge in [0.1, 0.15) is 5.75 Å². The van der Waals surface area contributed by atoms with Gasteiger partial charge in [0.15, 0.2) is 11.2 Å². The highest BCUT2D eigenvalue weighted by molar-refractivity contribution is 5.76. The second-order valence-corrected chi connectivity index (χ2v) is 6.74. The molecule has 0 unspecified atom stereocenters. The maximum absolute atomic E-state index is 12.9. The maximum Gasteiger partial charge on any atom is 0.332 e. The molecule has 0 radical (unpaired) electrons. The van der Waals surface area contributed by atoms with Gasteiger partial charge in [0, 0.05) is 19.8 Å². The second-order valence-electron chi connectivity index (χ2n) is 6.74. The van der Waals surface area contributed by atoms with E-state index in [9.17, 15) is 9.59 Å². The first kappa shape index (κ1) is 18.5. The summed E-state index contributed by atoms with van der Waals surface area (Å²) in [6, 6.07) is 17.2. The maximum atomic E-state index is 12.9. The van der Waals surface area contributed by atoms with Gasteiger partial charge in [-0.1, -0.05) is 30.3 Å². The van der Waals surface area contributed by atoms with Crippen LogP contribution in [0.15, 0.2) is 64.2 Å². The summed E-state index contributed by atoms with van der Waals surface area (Å²) in [7, 11) is 4.69. The summed E-state index contributed by atoms with van der Waals surface area (Å²) in [6.45, 7) is 0.434. The smallest absolute Gasteiger partial charge is 0.332 e. The third kappa shape index (κ3) is 3.29. The van der Waals surface area contributed by atoms with E-state index in [1.165, 1.54) is 11.6 Å². The SMILES string of the molecule is COc1ccc(Nc2nc3c(c(=O)n(C)c(=O)n3C)n2Cc2ccccc2)cc1. The van der Waals surface area contributed by atoms with Crippen LogP contribution in [0.5, 0.6) is 5.75 Å². The molecule has 0 atom stereocenters. The molecule has 0 aliphatic rings. The fraction of sp³-hybridized carbons (Fsp3) is 0.190. The Balaban J connectivity index is 1.90. The van der Waals surface area contributed by atoms with Gasteiger partial charge in [-0.3, -0.25) is 18.5 Å². The van der Waals surface area contributed by atoms with Crippen LogP contribution in [0.1, 0.15) is 5.56 Å². The average Bonchev–Trinajstić information content (AvgIpc) is 3.10. The number of methoxy groups -OCH3 is 1. The number of rotatable bonds is 5. The summed E-state index contributed by atoms with van der Waals surface area (Å²) < 4.78 is 9.49. The van der Waals surface area contributed by atoms with E-state index in [1.807, 2.05) is 54.6 Å². The molecule has 8 heteroatoms. The number of benzene rings is 2. The summed E-state index contributed by atoms with van der Waals surface area (Å²) in [5.74, 6) is 1.22. The molecule has 0 amide bonds. The summed E-state index contributed by atoms with van der Waals surface area (Å²) in [5.41, 5.74) is 1.72. The molecule has 4 rings (SSSR count). The first-order valence-electron chi connectivity index (χ1n) is 9.11. The minimum absolute atomic E-state index is 0.338. The Bertz CT molecular complexity index is 1280. The van der Waals surface area contributed by atoms with Gasteiger partial charge in [0.2, 0.25) is 5.95 Å². The summed E-state index contributed by atoms with van der Waals surface area (Å²) in [6.07, 6.45) is 0. The molecular formula is C21H21N5O3. The zero-order valence-electron chi connectivity index (χ0n) is 16.4. The number of fused-ring (bicyclic) bond motifs is 1. The van der Waals surface area contributed by atoms with E-state index >= 15 is 0 Å². The van der Waals surface area contributed by atoms with Crippen molar-refractivity contribution < 1.29 is 4.74 Å². The van der Waals surface area contributed by atoms with Gasteiger partial charge < -0.3 is 10.1 Å². The van der Waals surface area contributed by atoms with Crippen molar-refractivity contribution in [2.75, 3.05) is 12.4 Å². The van der Waals surface area contributed by atoms with Crippen molar-refractivity contribution in [1.29, 1.82) is 0 Å². The number of anilines is 2. The van der Waals surface area contributed by atoms with E-state index in [2.05, 4.69) is 10.3 Å². The van der Waals surface area contributed by atoms with Crippen LogP contribution < -0.4 is 21.3 Å². The molecular weight excluding hydrogens is 370 g/mol. The van der Waals surface area contributed by atoms with E-state index in [0.717, 1.165) is 21.6 Å². The van der Waals surface area contributed by atoms with Crippen molar-refractivity contribution in [3.8, 4) is 5.75 Å². The van der Waals surface area contributed by atoms with Crippen LogP contribution in [0, 0.1) is 0 Å². The third-order valence-electron chi connectivity index (χ3n) is 4.88. The van der Waals surface area contributed by atoms with Crippen molar-refractivity contribution in [3.63, 3.8) is 0 Å². The molecule has 2 heterocycles. The second kappa shape index (κ2) is 7.31. The van der Waals surface area contributed by atoms with Gasteiger partial charge in [-0.05, 0) is 29.8 Å². The largest absolute Gasteiger partial charge is 0.497 e. The standard InChI is InChI=1S/C21H21N5O3/c1-24-18-17(19(27)25(2)21(24)28)26(13-14-7-5-4-6-8-14)20(23-18)22-15-9-11-16(29-3)12-10-15/h4-12H,13H2,1-3H3,(H,22,23). The normalized spacial score (nSPS) is 11.0. The van der Waals surface area contributed by atoms with Gasteiger partial charge >= 0.3 is 5.69 Å². The Morgan fingerprint density at radius 3 is 2.31 bits per heavy atom. The molecule has 1 N–H and O–H groups in total. The van der Waals surface area contributed by atoms with E-state index in [4.69, 9.17) is 4.74 Å². The van der Waals surface area contributed by atoms with Crippen molar-refractivity contribution in [2.24, 2.45) is 14.1 Å². The molecule has 0 saturated carbocycles. The monoisotopic (exact) mass is 391 g/mol. The minimum Gasteiger partial charge on any atom is -0.497 e. The van der Waals surface area contributed by atoms with Gasteiger partial charge in [-0.2, -0.15) is 4.98 Å². The number of nitrogens with zero attached hydrogens (tertiary/aromatic N) is 4. The van der Waals surface area contributed by atoms with Crippen molar-refractivity contribution in [3.05, 3.63) is 81.0 Å². The average molecular weight is 391 g/mol.